The highest BCUT2D eigenvalue weighted by Crippen LogP contribution is 2.34. The molecule has 1 N–H and O–H groups in total. The highest BCUT2D eigenvalue weighted by molar-refractivity contribution is 5.93. The van der Waals surface area contributed by atoms with Gasteiger partial charge in [-0.25, -0.2) is 4.79 Å². The van der Waals surface area contributed by atoms with Gasteiger partial charge in [0.15, 0.2) is 6.61 Å². The maximum absolute atomic E-state index is 12.4. The van der Waals surface area contributed by atoms with Crippen LogP contribution in [-0.4, -0.2) is 38.7 Å². The van der Waals surface area contributed by atoms with Crippen LogP contribution < -0.4 is 21.5 Å². The van der Waals surface area contributed by atoms with Gasteiger partial charge in [0.05, 0.1) is 5.39 Å². The van der Waals surface area contributed by atoms with E-state index in [0.717, 1.165) is 23.2 Å². The van der Waals surface area contributed by atoms with Gasteiger partial charge in [-0.1, -0.05) is 18.2 Å². The molecule has 0 fully saturated rings. The van der Waals surface area contributed by atoms with Crippen molar-refractivity contribution in [3.63, 3.8) is 0 Å². The summed E-state index contributed by atoms with van der Waals surface area (Å²) in [4.78, 5) is 51.4. The van der Waals surface area contributed by atoms with Crippen LogP contribution >= 0.6 is 0 Å². The third-order valence-corrected chi connectivity index (χ3v) is 6.37. The number of hydrogen-bond acceptors (Lipinski definition) is 6. The van der Waals surface area contributed by atoms with Crippen molar-refractivity contribution < 1.29 is 14.3 Å². The van der Waals surface area contributed by atoms with Gasteiger partial charge in [-0.05, 0) is 48.4 Å². The first-order valence-electron chi connectivity index (χ1n) is 11.5. The number of anilines is 3. The highest BCUT2D eigenvalue weighted by atomic mass is 16.5. The molecule has 1 aliphatic rings. The van der Waals surface area contributed by atoms with Gasteiger partial charge >= 0.3 is 11.7 Å². The molecule has 3 heterocycles. The predicted octanol–water partition coefficient (Wildman–Crippen LogP) is 1.91. The van der Waals surface area contributed by atoms with Crippen molar-refractivity contribution in [1.29, 1.82) is 0 Å². The number of esters is 1. The van der Waals surface area contributed by atoms with Gasteiger partial charge in [-0.3, -0.25) is 23.5 Å². The number of aryl methyl sites for hydroxylation is 1. The summed E-state index contributed by atoms with van der Waals surface area (Å²) in [5.74, 6) is -1.14. The standard InChI is InChI=1S/C26H25N5O5/c1-28-24-20(25(34)29(2)26(28)35)12-13-30(24)15-23(33)36-16-22(32)27-18-7-9-19(10-8-18)31-14-11-17-5-3-4-6-21(17)31/h3-10,12-13H,11,14-16H2,1-2H3,(H,27,32). The van der Waals surface area contributed by atoms with Crippen LogP contribution in [-0.2, 0) is 41.4 Å². The average Bonchev–Trinajstić information content (AvgIpc) is 3.50. The second-order valence-corrected chi connectivity index (χ2v) is 8.67. The second kappa shape index (κ2) is 9.21. The van der Waals surface area contributed by atoms with Crippen molar-refractivity contribution in [3.8, 4) is 0 Å². The lowest BCUT2D eigenvalue weighted by Crippen LogP contribution is -2.37. The Kier molecular flexibility index (Phi) is 5.93. The van der Waals surface area contributed by atoms with Crippen LogP contribution in [0.2, 0.25) is 0 Å². The molecule has 36 heavy (non-hydrogen) atoms. The zero-order valence-electron chi connectivity index (χ0n) is 19.9. The molecule has 0 spiro atoms. The van der Waals surface area contributed by atoms with Crippen LogP contribution in [0.4, 0.5) is 17.1 Å². The first-order valence-corrected chi connectivity index (χ1v) is 11.5. The van der Waals surface area contributed by atoms with E-state index in [-0.39, 0.29) is 6.54 Å². The van der Waals surface area contributed by atoms with Gasteiger partial charge in [0, 0.05) is 43.9 Å². The Bertz CT molecular complexity index is 1600. The van der Waals surface area contributed by atoms with E-state index in [2.05, 4.69) is 22.3 Å². The molecule has 10 heteroatoms. The zero-order valence-corrected chi connectivity index (χ0v) is 19.9. The number of hydrogen-bond donors (Lipinski definition) is 1. The number of carbonyl (C=O) groups is 2. The smallest absolute Gasteiger partial charge is 0.332 e. The predicted molar refractivity (Wildman–Crippen MR) is 136 cm³/mol. The summed E-state index contributed by atoms with van der Waals surface area (Å²) in [5.41, 5.74) is 3.50. The van der Waals surface area contributed by atoms with Gasteiger partial charge in [-0.2, -0.15) is 0 Å². The van der Waals surface area contributed by atoms with E-state index in [0.29, 0.717) is 16.7 Å². The number of ether oxygens (including phenoxy) is 1. The third kappa shape index (κ3) is 4.17. The van der Waals surface area contributed by atoms with E-state index >= 15 is 0 Å². The van der Waals surface area contributed by atoms with Crippen molar-refractivity contribution in [1.82, 2.24) is 13.7 Å². The second-order valence-electron chi connectivity index (χ2n) is 8.67. The summed E-state index contributed by atoms with van der Waals surface area (Å²) in [5, 5.41) is 3.03. The fourth-order valence-electron chi connectivity index (χ4n) is 4.57. The Balaban J connectivity index is 1.18. The summed E-state index contributed by atoms with van der Waals surface area (Å²) in [6.45, 7) is 0.198. The molecule has 5 rings (SSSR count). The van der Waals surface area contributed by atoms with Crippen molar-refractivity contribution in [2.24, 2.45) is 14.1 Å². The normalized spacial score (nSPS) is 12.6. The summed E-state index contributed by atoms with van der Waals surface area (Å²) >= 11 is 0. The molecule has 1 aliphatic heterocycles. The number of benzene rings is 2. The van der Waals surface area contributed by atoms with Crippen molar-refractivity contribution >= 4 is 40.0 Å². The van der Waals surface area contributed by atoms with Crippen molar-refractivity contribution in [2.75, 3.05) is 23.4 Å². The minimum Gasteiger partial charge on any atom is -0.454 e. The largest absolute Gasteiger partial charge is 0.454 e. The van der Waals surface area contributed by atoms with Crippen LogP contribution in [0.5, 0.6) is 0 Å². The minimum absolute atomic E-state index is 0.247. The van der Waals surface area contributed by atoms with Crippen LogP contribution in [0.1, 0.15) is 5.56 Å². The molecule has 0 atom stereocenters. The van der Waals surface area contributed by atoms with Gasteiger partial charge in [0.1, 0.15) is 12.2 Å². The van der Waals surface area contributed by atoms with Crippen LogP contribution in [0, 0.1) is 0 Å². The van der Waals surface area contributed by atoms with Gasteiger partial charge in [0.2, 0.25) is 0 Å². The maximum atomic E-state index is 12.4. The molecule has 4 aromatic rings. The zero-order chi connectivity index (χ0) is 25.4. The first kappa shape index (κ1) is 23.2. The third-order valence-electron chi connectivity index (χ3n) is 6.37. The number of carbonyl (C=O) groups excluding carboxylic acids is 2. The Morgan fingerprint density at radius 1 is 0.972 bits per heavy atom. The fourth-order valence-corrected chi connectivity index (χ4v) is 4.57. The van der Waals surface area contributed by atoms with Gasteiger partial charge in [0.25, 0.3) is 11.5 Å². The molecular weight excluding hydrogens is 462 g/mol. The summed E-state index contributed by atoms with van der Waals surface area (Å²) in [6.07, 6.45) is 2.53. The number of amides is 1. The van der Waals surface area contributed by atoms with E-state index in [4.69, 9.17) is 4.74 Å². The van der Waals surface area contributed by atoms with E-state index in [1.54, 1.807) is 6.07 Å². The number of aromatic nitrogens is 3. The molecule has 2 aromatic carbocycles. The first-order chi connectivity index (χ1) is 17.3. The minimum atomic E-state index is -0.668. The molecule has 184 valence electrons. The van der Waals surface area contributed by atoms with Gasteiger partial charge in [-0.15, -0.1) is 0 Å². The highest BCUT2D eigenvalue weighted by Gasteiger charge is 2.20. The summed E-state index contributed by atoms with van der Waals surface area (Å²) < 4.78 is 8.87. The Morgan fingerprint density at radius 3 is 2.50 bits per heavy atom. The topological polar surface area (TPSA) is 108 Å². The van der Waals surface area contributed by atoms with E-state index < -0.39 is 29.7 Å². The number of fused-ring (bicyclic) bond motifs is 2. The number of nitrogens with zero attached hydrogens (tertiary/aromatic N) is 4. The molecule has 10 nitrogen and oxygen atoms in total. The summed E-state index contributed by atoms with van der Waals surface area (Å²) in [6, 6.07) is 17.3. The van der Waals surface area contributed by atoms with Gasteiger partial charge < -0.3 is 19.5 Å². The Labute approximate surface area is 205 Å². The van der Waals surface area contributed by atoms with Crippen molar-refractivity contribution in [3.05, 3.63) is 87.2 Å². The van der Waals surface area contributed by atoms with Crippen LogP contribution in [0.3, 0.4) is 0 Å². The number of para-hydroxylation sites is 1. The molecule has 0 unspecified atom stereocenters. The lowest BCUT2D eigenvalue weighted by atomic mass is 10.2. The number of nitrogens with one attached hydrogen (secondary N) is 1. The summed E-state index contributed by atoms with van der Waals surface area (Å²) in [7, 11) is 2.92. The molecule has 1 amide bonds. The molecular formula is C26H25N5O5. The molecule has 0 radical (unpaired) electrons. The SMILES string of the molecule is Cn1c(=O)c2ccn(CC(=O)OCC(=O)Nc3ccc(N4CCc5ccccc54)cc3)c2n(C)c1=O. The molecule has 0 saturated heterocycles. The lowest BCUT2D eigenvalue weighted by Gasteiger charge is -2.20. The Morgan fingerprint density at radius 2 is 1.72 bits per heavy atom. The monoisotopic (exact) mass is 487 g/mol. The van der Waals surface area contributed by atoms with Crippen LogP contribution in [0.25, 0.3) is 11.0 Å². The quantitative estimate of drug-likeness (QED) is 0.417. The molecule has 0 aliphatic carbocycles. The molecule has 0 saturated carbocycles. The molecule has 2 aromatic heterocycles. The Hall–Kier alpha value is -4.60. The lowest BCUT2D eigenvalue weighted by molar-refractivity contribution is -0.147. The maximum Gasteiger partial charge on any atom is 0.332 e. The number of rotatable bonds is 6. The fraction of sp³-hybridized carbons (Fsp3) is 0.231. The molecule has 0 bridgehead atoms. The van der Waals surface area contributed by atoms with E-state index in [9.17, 15) is 19.2 Å². The van der Waals surface area contributed by atoms with E-state index in [1.165, 1.54) is 40.7 Å². The van der Waals surface area contributed by atoms with Crippen LogP contribution in [0.15, 0.2) is 70.4 Å². The van der Waals surface area contributed by atoms with E-state index in [1.807, 2.05) is 36.4 Å². The average molecular weight is 488 g/mol. The van der Waals surface area contributed by atoms with Crippen molar-refractivity contribution in [2.45, 2.75) is 13.0 Å².